The van der Waals surface area contributed by atoms with Gasteiger partial charge >= 0.3 is 0 Å². The van der Waals surface area contributed by atoms with Crippen LogP contribution in [0.1, 0.15) is 6.92 Å². The van der Waals surface area contributed by atoms with Crippen molar-refractivity contribution in [3.63, 3.8) is 0 Å². The molecular formula is C10H16N4O. The van der Waals surface area contributed by atoms with E-state index in [2.05, 4.69) is 9.88 Å². The summed E-state index contributed by atoms with van der Waals surface area (Å²) in [5.74, 6) is 1.27. The van der Waals surface area contributed by atoms with E-state index in [1.807, 2.05) is 13.0 Å². The van der Waals surface area contributed by atoms with Crippen molar-refractivity contribution in [2.75, 3.05) is 36.1 Å². The van der Waals surface area contributed by atoms with E-state index >= 15 is 0 Å². The van der Waals surface area contributed by atoms with Gasteiger partial charge in [-0.15, -0.1) is 0 Å². The molecule has 1 atom stereocenters. The Balaban J connectivity index is 2.18. The van der Waals surface area contributed by atoms with Crippen LogP contribution in [-0.4, -0.2) is 30.8 Å². The molecule has 0 saturated carbocycles. The Kier molecular flexibility index (Phi) is 2.64. The van der Waals surface area contributed by atoms with Crippen molar-refractivity contribution < 1.29 is 4.74 Å². The lowest BCUT2D eigenvalue weighted by atomic mass is 10.3. The molecule has 1 aromatic rings. The molecule has 1 aliphatic rings. The number of morpholine rings is 1. The zero-order chi connectivity index (χ0) is 10.8. The van der Waals surface area contributed by atoms with E-state index in [9.17, 15) is 0 Å². The maximum Gasteiger partial charge on any atom is 0.149 e. The second-order valence-electron chi connectivity index (χ2n) is 3.77. The molecule has 0 aromatic carbocycles. The van der Waals surface area contributed by atoms with Gasteiger partial charge in [-0.05, 0) is 19.1 Å². The van der Waals surface area contributed by atoms with Gasteiger partial charge < -0.3 is 21.1 Å². The number of hydrogen-bond acceptors (Lipinski definition) is 5. The van der Waals surface area contributed by atoms with Crippen LogP contribution in [0.5, 0.6) is 0 Å². The van der Waals surface area contributed by atoms with E-state index < -0.39 is 0 Å². The zero-order valence-electron chi connectivity index (χ0n) is 8.81. The van der Waals surface area contributed by atoms with Crippen LogP contribution in [0.3, 0.4) is 0 Å². The van der Waals surface area contributed by atoms with Gasteiger partial charge in [-0.2, -0.15) is 0 Å². The Morgan fingerprint density at radius 3 is 2.93 bits per heavy atom. The highest BCUT2D eigenvalue weighted by Gasteiger charge is 2.18. The minimum Gasteiger partial charge on any atom is -0.396 e. The van der Waals surface area contributed by atoms with Crippen LogP contribution in [0.2, 0.25) is 0 Å². The Morgan fingerprint density at radius 2 is 2.27 bits per heavy atom. The summed E-state index contributed by atoms with van der Waals surface area (Å²) in [6.07, 6.45) is 0.235. The number of hydrogen-bond donors (Lipinski definition) is 2. The van der Waals surface area contributed by atoms with Crippen LogP contribution in [0, 0.1) is 0 Å². The molecular weight excluding hydrogens is 192 g/mol. The average Bonchev–Trinajstić information content (AvgIpc) is 2.22. The summed E-state index contributed by atoms with van der Waals surface area (Å²) in [4.78, 5) is 6.41. The van der Waals surface area contributed by atoms with Gasteiger partial charge in [0, 0.05) is 13.1 Å². The lowest BCUT2D eigenvalue weighted by Crippen LogP contribution is -2.41. The van der Waals surface area contributed by atoms with Crippen molar-refractivity contribution in [2.24, 2.45) is 0 Å². The highest BCUT2D eigenvalue weighted by molar-refractivity contribution is 5.62. The van der Waals surface area contributed by atoms with Gasteiger partial charge in [-0.25, -0.2) is 4.98 Å². The maximum atomic E-state index is 5.67. The number of anilines is 3. The highest BCUT2D eigenvalue weighted by Crippen LogP contribution is 2.20. The van der Waals surface area contributed by atoms with E-state index in [0.717, 1.165) is 25.5 Å². The predicted octanol–water partition coefficient (Wildman–Crippen LogP) is 0.471. The fourth-order valence-electron chi connectivity index (χ4n) is 1.68. The fraction of sp³-hybridized carbons (Fsp3) is 0.500. The summed E-state index contributed by atoms with van der Waals surface area (Å²) in [7, 11) is 0. The molecule has 1 fully saturated rings. The van der Waals surface area contributed by atoms with E-state index in [1.54, 1.807) is 6.07 Å². The van der Waals surface area contributed by atoms with Crippen molar-refractivity contribution in [1.29, 1.82) is 0 Å². The van der Waals surface area contributed by atoms with Crippen LogP contribution in [-0.2, 0) is 4.74 Å². The quantitative estimate of drug-likeness (QED) is 0.701. The first kappa shape index (κ1) is 10.0. The van der Waals surface area contributed by atoms with E-state index in [4.69, 9.17) is 16.2 Å². The minimum atomic E-state index is 0.235. The summed E-state index contributed by atoms with van der Waals surface area (Å²) in [5, 5.41) is 0. The molecule has 0 aliphatic carbocycles. The van der Waals surface area contributed by atoms with E-state index in [0.29, 0.717) is 11.5 Å². The Bertz CT molecular complexity index is 355. The molecule has 0 bridgehead atoms. The van der Waals surface area contributed by atoms with E-state index in [1.165, 1.54) is 0 Å². The second kappa shape index (κ2) is 3.94. The summed E-state index contributed by atoms with van der Waals surface area (Å²) >= 11 is 0. The largest absolute Gasteiger partial charge is 0.396 e. The summed E-state index contributed by atoms with van der Waals surface area (Å²) in [6.45, 7) is 4.47. The van der Waals surface area contributed by atoms with Crippen LogP contribution in [0.4, 0.5) is 17.3 Å². The van der Waals surface area contributed by atoms with Crippen LogP contribution >= 0.6 is 0 Å². The first-order valence-corrected chi connectivity index (χ1v) is 5.05. The van der Waals surface area contributed by atoms with Gasteiger partial charge in [-0.1, -0.05) is 0 Å². The van der Waals surface area contributed by atoms with Crippen molar-refractivity contribution in [3.05, 3.63) is 12.1 Å². The SMILES string of the molecule is CC1CN(c2ccc(N)c(N)n2)CCO1. The normalized spacial score (nSPS) is 21.7. The maximum absolute atomic E-state index is 5.67. The molecule has 0 radical (unpaired) electrons. The third-order valence-electron chi connectivity index (χ3n) is 2.51. The first-order valence-electron chi connectivity index (χ1n) is 5.05. The van der Waals surface area contributed by atoms with Crippen molar-refractivity contribution >= 4 is 17.3 Å². The molecule has 1 saturated heterocycles. The first-order chi connectivity index (χ1) is 7.16. The van der Waals surface area contributed by atoms with Crippen molar-refractivity contribution in [2.45, 2.75) is 13.0 Å². The molecule has 82 valence electrons. The number of pyridine rings is 1. The van der Waals surface area contributed by atoms with E-state index in [-0.39, 0.29) is 6.10 Å². The number of nitrogens with two attached hydrogens (primary N) is 2. The lowest BCUT2D eigenvalue weighted by Gasteiger charge is -2.32. The molecule has 5 heteroatoms. The second-order valence-corrected chi connectivity index (χ2v) is 3.77. The molecule has 1 unspecified atom stereocenters. The van der Waals surface area contributed by atoms with Gasteiger partial charge in [0.15, 0.2) is 0 Å². The van der Waals surface area contributed by atoms with Crippen LogP contribution < -0.4 is 16.4 Å². The summed E-state index contributed by atoms with van der Waals surface area (Å²) in [6, 6.07) is 3.68. The smallest absolute Gasteiger partial charge is 0.149 e. The number of aromatic nitrogens is 1. The topological polar surface area (TPSA) is 77.4 Å². The number of nitrogens with zero attached hydrogens (tertiary/aromatic N) is 2. The molecule has 5 nitrogen and oxygen atoms in total. The molecule has 15 heavy (non-hydrogen) atoms. The molecule has 0 spiro atoms. The van der Waals surface area contributed by atoms with Crippen molar-refractivity contribution in [1.82, 2.24) is 4.98 Å². The standard InChI is InChI=1S/C10H16N4O/c1-7-6-14(4-5-15-7)9-3-2-8(11)10(12)13-9/h2-3,7H,4-6,11H2,1H3,(H2,12,13). The summed E-state index contributed by atoms with van der Waals surface area (Å²) in [5.41, 5.74) is 11.8. The van der Waals surface area contributed by atoms with Gasteiger partial charge in [0.2, 0.25) is 0 Å². The highest BCUT2D eigenvalue weighted by atomic mass is 16.5. The number of rotatable bonds is 1. The molecule has 2 heterocycles. The van der Waals surface area contributed by atoms with Gasteiger partial charge in [0.05, 0.1) is 18.4 Å². The third kappa shape index (κ3) is 2.12. The molecule has 1 aliphatic heterocycles. The molecule has 0 amide bonds. The van der Waals surface area contributed by atoms with Gasteiger partial charge in [0.1, 0.15) is 11.6 Å². The molecule has 4 N–H and O–H groups in total. The van der Waals surface area contributed by atoms with Crippen LogP contribution in [0.15, 0.2) is 12.1 Å². The fourth-order valence-corrected chi connectivity index (χ4v) is 1.68. The lowest BCUT2D eigenvalue weighted by molar-refractivity contribution is 0.0529. The third-order valence-corrected chi connectivity index (χ3v) is 2.51. The average molecular weight is 208 g/mol. The predicted molar refractivity (Wildman–Crippen MR) is 60.7 cm³/mol. The monoisotopic (exact) mass is 208 g/mol. The van der Waals surface area contributed by atoms with Crippen molar-refractivity contribution in [3.8, 4) is 0 Å². The zero-order valence-corrected chi connectivity index (χ0v) is 8.81. The van der Waals surface area contributed by atoms with Gasteiger partial charge in [-0.3, -0.25) is 0 Å². The van der Waals surface area contributed by atoms with Gasteiger partial charge in [0.25, 0.3) is 0 Å². The Hall–Kier alpha value is -1.49. The summed E-state index contributed by atoms with van der Waals surface area (Å²) < 4.78 is 5.46. The number of nitrogen functional groups attached to an aromatic ring is 2. The number of ether oxygens (including phenoxy) is 1. The molecule has 1 aromatic heterocycles. The Labute approximate surface area is 89.0 Å². The Morgan fingerprint density at radius 1 is 1.47 bits per heavy atom. The molecule has 2 rings (SSSR count). The minimum absolute atomic E-state index is 0.235. The van der Waals surface area contributed by atoms with Crippen LogP contribution in [0.25, 0.3) is 0 Å².